The van der Waals surface area contributed by atoms with E-state index in [-0.39, 0.29) is 12.1 Å². The van der Waals surface area contributed by atoms with E-state index in [1.807, 2.05) is 0 Å². The van der Waals surface area contributed by atoms with Gasteiger partial charge in [0.2, 0.25) is 0 Å². The van der Waals surface area contributed by atoms with Crippen LogP contribution in [0.3, 0.4) is 0 Å². The summed E-state index contributed by atoms with van der Waals surface area (Å²) < 4.78 is 27.3. The molecular weight excluding hydrogens is 202 g/mol. The SMILES string of the molecule is CNS(=O)(=O)NC1CCCCCC1N. The molecule has 2 unspecified atom stereocenters. The summed E-state index contributed by atoms with van der Waals surface area (Å²) >= 11 is 0. The van der Waals surface area contributed by atoms with Crippen molar-refractivity contribution in [2.24, 2.45) is 5.73 Å². The van der Waals surface area contributed by atoms with Crippen LogP contribution in [0.25, 0.3) is 0 Å². The van der Waals surface area contributed by atoms with Gasteiger partial charge < -0.3 is 5.73 Å². The molecule has 0 heterocycles. The molecule has 0 aromatic rings. The van der Waals surface area contributed by atoms with Crippen molar-refractivity contribution in [3.05, 3.63) is 0 Å². The van der Waals surface area contributed by atoms with E-state index in [0.29, 0.717) is 0 Å². The fourth-order valence-corrected chi connectivity index (χ4v) is 2.55. The third kappa shape index (κ3) is 3.53. The van der Waals surface area contributed by atoms with E-state index < -0.39 is 10.2 Å². The first-order chi connectivity index (χ1) is 6.55. The first-order valence-electron chi connectivity index (χ1n) is 5.01. The van der Waals surface area contributed by atoms with Gasteiger partial charge in [-0.05, 0) is 12.8 Å². The highest BCUT2D eigenvalue weighted by Crippen LogP contribution is 2.16. The molecule has 0 bridgehead atoms. The lowest BCUT2D eigenvalue weighted by molar-refractivity contribution is 0.454. The molecule has 1 aliphatic rings. The van der Waals surface area contributed by atoms with Gasteiger partial charge in [0.15, 0.2) is 0 Å². The normalized spacial score (nSPS) is 29.9. The van der Waals surface area contributed by atoms with E-state index in [0.717, 1.165) is 32.1 Å². The number of rotatable bonds is 3. The topological polar surface area (TPSA) is 84.2 Å². The maximum atomic E-state index is 11.2. The van der Waals surface area contributed by atoms with Gasteiger partial charge in [-0.25, -0.2) is 4.72 Å². The molecule has 1 fully saturated rings. The molecule has 1 aliphatic carbocycles. The molecular formula is C8H19N3O2S. The third-order valence-corrected chi connectivity index (χ3v) is 3.80. The maximum absolute atomic E-state index is 11.2. The van der Waals surface area contributed by atoms with E-state index in [2.05, 4.69) is 9.44 Å². The highest BCUT2D eigenvalue weighted by Gasteiger charge is 2.23. The van der Waals surface area contributed by atoms with Crippen LogP contribution in [0.1, 0.15) is 32.1 Å². The van der Waals surface area contributed by atoms with Gasteiger partial charge in [-0.3, -0.25) is 0 Å². The summed E-state index contributed by atoms with van der Waals surface area (Å²) in [6, 6.07) is -0.171. The lowest BCUT2D eigenvalue weighted by Crippen LogP contribution is -2.49. The van der Waals surface area contributed by atoms with E-state index in [1.54, 1.807) is 0 Å². The second kappa shape index (κ2) is 5.06. The lowest BCUT2D eigenvalue weighted by Gasteiger charge is -2.21. The zero-order chi connectivity index (χ0) is 10.6. The molecule has 84 valence electrons. The number of nitrogens with two attached hydrogens (primary N) is 1. The van der Waals surface area contributed by atoms with Gasteiger partial charge in [0.1, 0.15) is 0 Å². The number of nitrogens with one attached hydrogen (secondary N) is 2. The molecule has 1 rings (SSSR count). The molecule has 0 radical (unpaired) electrons. The summed E-state index contributed by atoms with van der Waals surface area (Å²) in [5.41, 5.74) is 5.89. The zero-order valence-electron chi connectivity index (χ0n) is 8.49. The van der Waals surface area contributed by atoms with Gasteiger partial charge in [-0.1, -0.05) is 19.3 Å². The van der Waals surface area contributed by atoms with Gasteiger partial charge in [0.25, 0.3) is 10.2 Å². The van der Waals surface area contributed by atoms with E-state index in [1.165, 1.54) is 7.05 Å². The number of hydrogen-bond donors (Lipinski definition) is 3. The molecule has 0 amide bonds. The Balaban J connectivity index is 2.57. The van der Waals surface area contributed by atoms with E-state index >= 15 is 0 Å². The molecule has 0 spiro atoms. The molecule has 5 nitrogen and oxygen atoms in total. The smallest absolute Gasteiger partial charge is 0.276 e. The van der Waals surface area contributed by atoms with E-state index in [9.17, 15) is 8.42 Å². The second-order valence-electron chi connectivity index (χ2n) is 3.73. The highest BCUT2D eigenvalue weighted by atomic mass is 32.2. The largest absolute Gasteiger partial charge is 0.326 e. The van der Waals surface area contributed by atoms with Crippen LogP contribution in [-0.2, 0) is 10.2 Å². The summed E-state index contributed by atoms with van der Waals surface area (Å²) in [6.07, 6.45) is 5.02. The fourth-order valence-electron chi connectivity index (χ4n) is 1.74. The molecule has 0 aromatic heterocycles. The van der Waals surface area contributed by atoms with Crippen molar-refractivity contribution in [3.8, 4) is 0 Å². The standard InChI is InChI=1S/C8H19N3O2S/c1-10-14(12,13)11-8-6-4-2-3-5-7(8)9/h7-8,10-11H,2-6,9H2,1H3. The van der Waals surface area contributed by atoms with Crippen LogP contribution in [0.2, 0.25) is 0 Å². The van der Waals surface area contributed by atoms with Crippen LogP contribution < -0.4 is 15.2 Å². The van der Waals surface area contributed by atoms with Crippen molar-refractivity contribution in [1.29, 1.82) is 0 Å². The van der Waals surface area contributed by atoms with Gasteiger partial charge in [0, 0.05) is 19.1 Å². The Kier molecular flexibility index (Phi) is 4.31. The van der Waals surface area contributed by atoms with Crippen molar-refractivity contribution in [1.82, 2.24) is 9.44 Å². The number of hydrogen-bond acceptors (Lipinski definition) is 3. The van der Waals surface area contributed by atoms with Gasteiger partial charge >= 0.3 is 0 Å². The minimum Gasteiger partial charge on any atom is -0.326 e. The third-order valence-electron chi connectivity index (χ3n) is 2.64. The second-order valence-corrected chi connectivity index (χ2v) is 5.38. The Morgan fingerprint density at radius 1 is 1.21 bits per heavy atom. The van der Waals surface area contributed by atoms with Crippen LogP contribution in [0.4, 0.5) is 0 Å². The predicted octanol–water partition coefficient (Wildman–Crippen LogP) is -0.300. The van der Waals surface area contributed by atoms with Crippen LogP contribution in [0.15, 0.2) is 0 Å². The molecule has 2 atom stereocenters. The van der Waals surface area contributed by atoms with Crippen LogP contribution in [0, 0.1) is 0 Å². The first kappa shape index (κ1) is 11.9. The van der Waals surface area contributed by atoms with Crippen LogP contribution in [-0.4, -0.2) is 27.5 Å². The Hall–Kier alpha value is -0.170. The minimum atomic E-state index is -3.35. The quantitative estimate of drug-likeness (QED) is 0.572. The summed E-state index contributed by atoms with van der Waals surface area (Å²) in [7, 11) is -1.95. The molecule has 1 saturated carbocycles. The monoisotopic (exact) mass is 221 g/mol. The van der Waals surface area contributed by atoms with E-state index in [4.69, 9.17) is 5.73 Å². The maximum Gasteiger partial charge on any atom is 0.276 e. The molecule has 0 aliphatic heterocycles. The van der Waals surface area contributed by atoms with Crippen molar-refractivity contribution >= 4 is 10.2 Å². The average molecular weight is 221 g/mol. The van der Waals surface area contributed by atoms with Crippen LogP contribution in [0.5, 0.6) is 0 Å². The summed E-state index contributed by atoms with van der Waals surface area (Å²) in [5, 5.41) is 0. The predicted molar refractivity (Wildman–Crippen MR) is 56.0 cm³/mol. The van der Waals surface area contributed by atoms with Crippen LogP contribution >= 0.6 is 0 Å². The summed E-state index contributed by atoms with van der Waals surface area (Å²) in [5.74, 6) is 0. The minimum absolute atomic E-state index is 0.0550. The summed E-state index contributed by atoms with van der Waals surface area (Å²) in [4.78, 5) is 0. The van der Waals surface area contributed by atoms with Gasteiger partial charge in [-0.2, -0.15) is 13.1 Å². The Morgan fingerprint density at radius 3 is 2.50 bits per heavy atom. The Bertz CT molecular complexity index is 266. The fraction of sp³-hybridized carbons (Fsp3) is 1.00. The van der Waals surface area contributed by atoms with Crippen molar-refractivity contribution in [2.45, 2.75) is 44.2 Å². The van der Waals surface area contributed by atoms with Crippen molar-refractivity contribution in [3.63, 3.8) is 0 Å². The Morgan fingerprint density at radius 2 is 1.86 bits per heavy atom. The van der Waals surface area contributed by atoms with Gasteiger partial charge in [-0.15, -0.1) is 0 Å². The lowest BCUT2D eigenvalue weighted by atomic mass is 10.1. The molecule has 6 heteroatoms. The molecule has 0 saturated heterocycles. The Labute approximate surface area is 85.6 Å². The van der Waals surface area contributed by atoms with Crippen molar-refractivity contribution in [2.75, 3.05) is 7.05 Å². The molecule has 14 heavy (non-hydrogen) atoms. The molecule has 4 N–H and O–H groups in total. The van der Waals surface area contributed by atoms with Gasteiger partial charge in [0.05, 0.1) is 0 Å². The van der Waals surface area contributed by atoms with Crippen molar-refractivity contribution < 1.29 is 8.42 Å². The molecule has 0 aromatic carbocycles. The first-order valence-corrected chi connectivity index (χ1v) is 6.50. The zero-order valence-corrected chi connectivity index (χ0v) is 9.31. The summed E-state index contributed by atoms with van der Waals surface area (Å²) in [6.45, 7) is 0. The average Bonchev–Trinajstić information content (AvgIpc) is 2.32. The highest BCUT2D eigenvalue weighted by molar-refractivity contribution is 7.87.